The van der Waals surface area contributed by atoms with Gasteiger partial charge in [0.05, 0.1) is 6.61 Å². The largest absolute Gasteiger partial charge is 0.462 e. The van der Waals surface area contributed by atoms with Crippen LogP contribution in [0.2, 0.25) is 0 Å². The summed E-state index contributed by atoms with van der Waals surface area (Å²) in [6.45, 7) is 3.97. The number of hydrogen-bond donors (Lipinski definition) is 0. The van der Waals surface area contributed by atoms with Crippen LogP contribution in [0, 0.1) is 11.3 Å². The average molecular weight is 336 g/mol. The summed E-state index contributed by atoms with van der Waals surface area (Å²) >= 11 is 3.40. The Morgan fingerprint density at radius 1 is 1.30 bits per heavy atom. The first-order valence-corrected chi connectivity index (χ1v) is 7.45. The Kier molecular flexibility index (Phi) is 7.03. The van der Waals surface area contributed by atoms with Gasteiger partial charge in [0.2, 0.25) is 0 Å². The lowest BCUT2D eigenvalue weighted by Crippen LogP contribution is -2.09. The molecule has 0 amide bonds. The SMILES string of the molecule is CCOC(=O)/C(C#N)=C(\CC)CCc1ccc(Br)cc1. The minimum Gasteiger partial charge on any atom is -0.462 e. The van der Waals surface area contributed by atoms with Crippen LogP contribution < -0.4 is 0 Å². The van der Waals surface area contributed by atoms with Crippen molar-refractivity contribution in [3.05, 3.63) is 45.4 Å². The van der Waals surface area contributed by atoms with Gasteiger partial charge in [0, 0.05) is 4.47 Å². The van der Waals surface area contributed by atoms with Crippen LogP contribution in [-0.2, 0) is 16.0 Å². The van der Waals surface area contributed by atoms with Crippen molar-refractivity contribution < 1.29 is 9.53 Å². The first-order valence-electron chi connectivity index (χ1n) is 6.66. The van der Waals surface area contributed by atoms with Crippen molar-refractivity contribution in [2.24, 2.45) is 0 Å². The maximum atomic E-state index is 11.7. The fraction of sp³-hybridized carbons (Fsp3) is 0.375. The van der Waals surface area contributed by atoms with Crippen molar-refractivity contribution in [1.82, 2.24) is 0 Å². The lowest BCUT2D eigenvalue weighted by molar-refractivity contribution is -0.138. The molecule has 0 aliphatic carbocycles. The standard InChI is InChI=1S/C16H18BrNO2/c1-3-13(15(11-18)16(19)20-4-2)8-5-12-6-9-14(17)10-7-12/h6-7,9-10H,3-5,8H2,1-2H3/b15-13+. The summed E-state index contributed by atoms with van der Waals surface area (Å²) in [5, 5.41) is 9.14. The number of aryl methyl sites for hydroxylation is 1. The van der Waals surface area contributed by atoms with Gasteiger partial charge in [0.1, 0.15) is 11.6 Å². The molecule has 0 radical (unpaired) electrons. The number of carbonyl (C=O) groups excluding carboxylic acids is 1. The lowest BCUT2D eigenvalue weighted by Gasteiger charge is -2.08. The maximum absolute atomic E-state index is 11.7. The van der Waals surface area contributed by atoms with Crippen LogP contribution in [-0.4, -0.2) is 12.6 Å². The summed E-state index contributed by atoms with van der Waals surface area (Å²) in [5.41, 5.74) is 2.20. The van der Waals surface area contributed by atoms with E-state index in [4.69, 9.17) is 10.00 Å². The van der Waals surface area contributed by atoms with Crippen molar-refractivity contribution in [2.75, 3.05) is 6.61 Å². The van der Waals surface area contributed by atoms with Gasteiger partial charge in [-0.2, -0.15) is 5.26 Å². The first-order chi connectivity index (χ1) is 9.62. The molecule has 0 bridgehead atoms. The van der Waals surface area contributed by atoms with Gasteiger partial charge in [-0.3, -0.25) is 0 Å². The molecular weight excluding hydrogens is 318 g/mol. The third kappa shape index (κ3) is 4.82. The van der Waals surface area contributed by atoms with Crippen molar-refractivity contribution in [3.63, 3.8) is 0 Å². The second kappa shape index (κ2) is 8.55. The van der Waals surface area contributed by atoms with E-state index < -0.39 is 5.97 Å². The van der Waals surface area contributed by atoms with Crippen LogP contribution in [0.15, 0.2) is 39.9 Å². The van der Waals surface area contributed by atoms with Crippen LogP contribution in [0.4, 0.5) is 0 Å². The number of rotatable bonds is 6. The number of nitriles is 1. The third-order valence-electron chi connectivity index (χ3n) is 3.00. The number of carbonyl (C=O) groups is 1. The van der Waals surface area contributed by atoms with E-state index in [0.29, 0.717) is 12.8 Å². The molecule has 0 aromatic heterocycles. The summed E-state index contributed by atoms with van der Waals surface area (Å²) in [5.74, 6) is -0.511. The summed E-state index contributed by atoms with van der Waals surface area (Å²) in [6, 6.07) is 10.0. The molecule has 0 spiro atoms. The number of nitrogens with zero attached hydrogens (tertiary/aromatic N) is 1. The average Bonchev–Trinajstić information content (AvgIpc) is 2.45. The quantitative estimate of drug-likeness (QED) is 0.445. The van der Waals surface area contributed by atoms with Crippen LogP contribution in [0.25, 0.3) is 0 Å². The third-order valence-corrected chi connectivity index (χ3v) is 3.53. The topological polar surface area (TPSA) is 50.1 Å². The van der Waals surface area contributed by atoms with Gasteiger partial charge < -0.3 is 4.74 Å². The second-order valence-corrected chi connectivity index (χ2v) is 5.21. The molecule has 106 valence electrons. The number of ether oxygens (including phenoxy) is 1. The van der Waals surface area contributed by atoms with Gasteiger partial charge >= 0.3 is 5.97 Å². The van der Waals surface area contributed by atoms with Gasteiger partial charge in [-0.05, 0) is 49.5 Å². The van der Waals surface area contributed by atoms with E-state index in [-0.39, 0.29) is 12.2 Å². The Bertz CT molecular complexity index is 526. The zero-order valence-electron chi connectivity index (χ0n) is 11.8. The minimum atomic E-state index is -0.511. The van der Waals surface area contributed by atoms with Crippen molar-refractivity contribution in [3.8, 4) is 6.07 Å². The van der Waals surface area contributed by atoms with E-state index in [1.807, 2.05) is 37.3 Å². The molecule has 1 rings (SSSR count). The highest BCUT2D eigenvalue weighted by atomic mass is 79.9. The highest BCUT2D eigenvalue weighted by Crippen LogP contribution is 2.19. The van der Waals surface area contributed by atoms with Gasteiger partial charge in [0.15, 0.2) is 0 Å². The molecule has 0 saturated carbocycles. The smallest absolute Gasteiger partial charge is 0.348 e. The Morgan fingerprint density at radius 3 is 2.45 bits per heavy atom. The van der Waals surface area contributed by atoms with Crippen molar-refractivity contribution in [2.45, 2.75) is 33.1 Å². The fourth-order valence-electron chi connectivity index (χ4n) is 1.90. The van der Waals surface area contributed by atoms with Crippen LogP contribution in [0.1, 0.15) is 32.3 Å². The molecule has 0 aliphatic rings. The first kappa shape index (κ1) is 16.5. The molecule has 0 fully saturated rings. The Labute approximate surface area is 128 Å². The number of hydrogen-bond acceptors (Lipinski definition) is 3. The molecule has 3 nitrogen and oxygen atoms in total. The van der Waals surface area contributed by atoms with Crippen LogP contribution in [0.5, 0.6) is 0 Å². The molecule has 1 aromatic rings. The number of halogens is 1. The number of allylic oxidation sites excluding steroid dienone is 1. The van der Waals surface area contributed by atoms with Gasteiger partial charge in [-0.25, -0.2) is 4.79 Å². The van der Waals surface area contributed by atoms with Crippen LogP contribution >= 0.6 is 15.9 Å². The predicted molar refractivity (Wildman–Crippen MR) is 82.0 cm³/mol. The molecule has 4 heteroatoms. The fourth-order valence-corrected chi connectivity index (χ4v) is 2.16. The molecule has 0 saturated heterocycles. The zero-order valence-corrected chi connectivity index (χ0v) is 13.4. The summed E-state index contributed by atoms with van der Waals surface area (Å²) < 4.78 is 5.96. The maximum Gasteiger partial charge on any atom is 0.348 e. The Balaban J connectivity index is 2.81. The van der Waals surface area contributed by atoms with Crippen LogP contribution in [0.3, 0.4) is 0 Å². The zero-order chi connectivity index (χ0) is 15.0. The normalized spacial score (nSPS) is 11.5. The van der Waals surface area contributed by atoms with E-state index >= 15 is 0 Å². The van der Waals surface area contributed by atoms with E-state index in [0.717, 1.165) is 16.5 Å². The van der Waals surface area contributed by atoms with Crippen molar-refractivity contribution in [1.29, 1.82) is 5.26 Å². The highest BCUT2D eigenvalue weighted by Gasteiger charge is 2.15. The summed E-state index contributed by atoms with van der Waals surface area (Å²) in [4.78, 5) is 11.7. The summed E-state index contributed by atoms with van der Waals surface area (Å²) in [7, 11) is 0. The predicted octanol–water partition coefficient (Wildman–Crippen LogP) is 4.17. The van der Waals surface area contributed by atoms with Crippen molar-refractivity contribution >= 4 is 21.9 Å². The van der Waals surface area contributed by atoms with Gasteiger partial charge in [0.25, 0.3) is 0 Å². The summed E-state index contributed by atoms with van der Waals surface area (Å²) in [6.07, 6.45) is 2.18. The monoisotopic (exact) mass is 335 g/mol. The van der Waals surface area contributed by atoms with E-state index in [9.17, 15) is 4.79 Å². The van der Waals surface area contributed by atoms with Gasteiger partial charge in [-0.15, -0.1) is 0 Å². The Hall–Kier alpha value is -1.60. The lowest BCUT2D eigenvalue weighted by atomic mass is 9.98. The van der Waals surface area contributed by atoms with E-state index in [1.54, 1.807) is 6.92 Å². The molecule has 1 aromatic carbocycles. The van der Waals surface area contributed by atoms with E-state index in [2.05, 4.69) is 15.9 Å². The Morgan fingerprint density at radius 2 is 1.95 bits per heavy atom. The van der Waals surface area contributed by atoms with Gasteiger partial charge in [-0.1, -0.05) is 35.0 Å². The molecule has 0 atom stereocenters. The molecule has 0 unspecified atom stereocenters. The van der Waals surface area contributed by atoms with E-state index in [1.165, 1.54) is 5.56 Å². The number of benzene rings is 1. The molecular formula is C16H18BrNO2. The molecule has 0 aliphatic heterocycles. The number of esters is 1. The highest BCUT2D eigenvalue weighted by molar-refractivity contribution is 9.10. The molecule has 20 heavy (non-hydrogen) atoms. The molecule has 0 heterocycles. The second-order valence-electron chi connectivity index (χ2n) is 4.29. The minimum absolute atomic E-state index is 0.159. The molecule has 0 N–H and O–H groups in total.